The molecule has 3 fully saturated rings. The summed E-state index contributed by atoms with van der Waals surface area (Å²) in [5.41, 5.74) is 20.5. The first-order chi connectivity index (χ1) is 65.2. The zero-order valence-corrected chi connectivity index (χ0v) is 84.8. The highest BCUT2D eigenvalue weighted by Crippen LogP contribution is 2.52. The number of nitriles is 3. The zero-order chi connectivity index (χ0) is 101. The fourth-order valence-corrected chi connectivity index (χ4v) is 20.7. The van der Waals surface area contributed by atoms with E-state index in [1.165, 1.54) is 38.0 Å². The molecule has 0 saturated carbocycles. The normalized spacial score (nSPS) is 15.0. The van der Waals surface area contributed by atoms with Crippen molar-refractivity contribution in [3.05, 3.63) is 252 Å². The monoisotopic (exact) mass is 2100 g/mol. The van der Waals surface area contributed by atoms with Crippen LogP contribution < -0.4 is 48.6 Å². The molecule has 9 aromatic heterocycles. The summed E-state index contributed by atoms with van der Waals surface area (Å²) in [5, 5.41) is 29.5. The maximum Gasteiger partial charge on any atom is 0.276 e. The number of carbonyl (C=O) groups excluding carboxylic acids is 3. The Morgan fingerprint density at radius 3 is 0.906 bits per heavy atom. The van der Waals surface area contributed by atoms with Gasteiger partial charge in [-0.2, -0.15) is 15.8 Å². The number of nitrogens with two attached hydrogens (primary N) is 3. The molecule has 6 N–H and O–H groups in total. The standard InChI is InChI=1S/3C32H28Cl4FN7O2/c1-6-20(45)43-10-9-42(13-16(43)5)30-17-11-19(33)28(21-22(34)25(37)24(36)26(39)23(21)35)41-31(17)44(32(46)18(30)12-38)29-15(4)7-8-40-27(29)14(2)3;2*1-6-20(45)43-10-9-42(13-16(43)5)30-17-11-19(33)28(21-22(34)24(36)25(37)26(39)23(21)35)41-31(17)44(32(46)18(30)12-38)29-15(4)7-8-40-27(29)14(2)3/h3*6-8,11,14,16H,1,9-10,13,39H2,2-5H3/t3*16-/m111/s1. The van der Waals surface area contributed by atoms with Crippen molar-refractivity contribution < 1.29 is 27.6 Å². The Balaban J connectivity index is 0.000000175. The number of benzene rings is 3. The number of rotatable bonds is 15. The molecule has 12 aromatic rings. The highest BCUT2D eigenvalue weighted by Gasteiger charge is 2.40. The van der Waals surface area contributed by atoms with Crippen LogP contribution in [0, 0.1) is 72.2 Å². The Kier molecular flexibility index (Phi) is 31.1. The van der Waals surface area contributed by atoms with E-state index in [0.29, 0.717) is 143 Å². The Bertz CT molecular complexity index is 6780. The number of anilines is 6. The number of hydrogen-bond acceptors (Lipinski definition) is 21. The third-order valence-corrected chi connectivity index (χ3v) is 28.6. The van der Waals surface area contributed by atoms with E-state index in [0.717, 1.165) is 0 Å². The molecule has 0 radical (unpaired) electrons. The molecule has 42 heteroatoms. The number of halogens is 15. The van der Waals surface area contributed by atoms with Crippen molar-refractivity contribution >= 4 is 224 Å². The summed E-state index contributed by atoms with van der Waals surface area (Å²) in [4.78, 5) is 120. The van der Waals surface area contributed by atoms with Crippen LogP contribution in [-0.2, 0) is 14.4 Å². The number of piperazine rings is 3. The van der Waals surface area contributed by atoms with Crippen molar-refractivity contribution in [3.63, 3.8) is 0 Å². The van der Waals surface area contributed by atoms with Crippen molar-refractivity contribution in [1.29, 1.82) is 15.8 Å². The highest BCUT2D eigenvalue weighted by atomic mass is 35.5. The number of fused-ring (bicyclic) bond motifs is 3. The second kappa shape index (κ2) is 41.4. The summed E-state index contributed by atoms with van der Waals surface area (Å²) in [7, 11) is 0. The minimum Gasteiger partial charge on any atom is -0.396 e. The first kappa shape index (κ1) is 104. The predicted molar refractivity (Wildman–Crippen MR) is 546 cm³/mol. The van der Waals surface area contributed by atoms with Gasteiger partial charge < -0.3 is 46.6 Å². The van der Waals surface area contributed by atoms with Gasteiger partial charge in [-0.05, 0) is 131 Å². The maximum atomic E-state index is 15.1. The molecule has 3 atom stereocenters. The van der Waals surface area contributed by atoms with E-state index >= 15 is 4.39 Å². The van der Waals surface area contributed by atoms with Crippen molar-refractivity contribution in [2.24, 2.45) is 0 Å². The van der Waals surface area contributed by atoms with Gasteiger partial charge in [-0.1, -0.05) is 200 Å². The van der Waals surface area contributed by atoms with Gasteiger partial charge >= 0.3 is 0 Å². The fourth-order valence-electron chi connectivity index (χ4n) is 17.5. The molecule has 0 unspecified atom stereocenters. The molecule has 714 valence electrons. The van der Waals surface area contributed by atoms with Gasteiger partial charge in [-0.15, -0.1) is 0 Å². The van der Waals surface area contributed by atoms with E-state index < -0.39 is 65.6 Å². The minimum absolute atomic E-state index is 0.00623. The molecule has 3 aliphatic heterocycles. The van der Waals surface area contributed by atoms with Crippen molar-refractivity contribution in [2.45, 2.75) is 119 Å². The average Bonchev–Trinajstić information content (AvgIpc) is 0.726. The lowest BCUT2D eigenvalue weighted by atomic mass is 10.0. The molecule has 12 heterocycles. The SMILES string of the molecule is C=CC(=O)N1CCN(c2c(C#N)c(=O)n(-c3c(C)ccnc3C(C)C)c3nc(-c4c(Cl)c(N)c(Cl)c(F)c4Cl)c(Cl)cc23)C[C@H]1C.C=CC(=O)N1CCN(c2c(C#N)c(=O)n(-c3c(C)ccnc3C(C)C)c3nc(-c4c(Cl)c(N)c(F)c(Cl)c4Cl)c(Cl)cc23)C[C@H]1C.C=CC(=O)N1CCN(c2c(C#N)c(=O)n(-c3c(C)ccnc3C(C)C)c3nc(-c4c(Cl)c(N)c(F)c(Cl)c4Cl)c(Cl)cc23)C[C@H]1C. The summed E-state index contributed by atoms with van der Waals surface area (Å²) in [6, 6.07) is 15.4. The number of aromatic nitrogens is 9. The molecule has 3 aromatic carbocycles. The largest absolute Gasteiger partial charge is 0.396 e. The molecule has 15 rings (SSSR count). The van der Waals surface area contributed by atoms with Crippen LogP contribution in [-0.4, -0.2) is 153 Å². The van der Waals surface area contributed by atoms with Gasteiger partial charge in [0.1, 0.15) is 56.9 Å². The average molecular weight is 2110 g/mol. The number of amides is 3. The molecular formula is C96H84Cl12F3N21O6. The summed E-state index contributed by atoms with van der Waals surface area (Å²) >= 11 is 78.0. The number of pyridine rings is 9. The molecule has 3 amide bonds. The van der Waals surface area contributed by atoms with Crippen LogP contribution in [0.5, 0.6) is 0 Å². The van der Waals surface area contributed by atoms with Crippen molar-refractivity contribution in [2.75, 3.05) is 90.8 Å². The summed E-state index contributed by atoms with van der Waals surface area (Å²) in [6.45, 7) is 36.2. The third kappa shape index (κ3) is 18.3. The first-order valence-electron chi connectivity index (χ1n) is 42.6. The van der Waals surface area contributed by atoms with Crippen LogP contribution in [0.2, 0.25) is 60.3 Å². The van der Waals surface area contributed by atoms with Crippen molar-refractivity contribution in [3.8, 4) is 69.0 Å². The third-order valence-electron chi connectivity index (χ3n) is 24.1. The van der Waals surface area contributed by atoms with Gasteiger partial charge in [-0.3, -0.25) is 57.4 Å². The fraction of sp³-hybridized carbons (Fsp3) is 0.281. The molecule has 0 bridgehead atoms. The second-order valence-electron chi connectivity index (χ2n) is 33.8. The Hall–Kier alpha value is -11.6. The van der Waals surface area contributed by atoms with Gasteiger partial charge in [-0.25, -0.2) is 28.1 Å². The van der Waals surface area contributed by atoms with E-state index in [1.807, 2.05) is 97.8 Å². The lowest BCUT2D eigenvalue weighted by Gasteiger charge is -2.41. The number of nitrogens with zero attached hydrogens (tertiary/aromatic N) is 18. The molecule has 0 spiro atoms. The van der Waals surface area contributed by atoms with Crippen LogP contribution in [0.4, 0.5) is 47.3 Å². The Morgan fingerprint density at radius 1 is 0.399 bits per heavy atom. The molecule has 3 saturated heterocycles. The van der Waals surface area contributed by atoms with Gasteiger partial charge in [0.2, 0.25) is 17.7 Å². The summed E-state index contributed by atoms with van der Waals surface area (Å²) in [6.07, 6.45) is 8.68. The van der Waals surface area contributed by atoms with Crippen molar-refractivity contribution in [1.82, 2.24) is 58.3 Å². The van der Waals surface area contributed by atoms with Crippen LogP contribution >= 0.6 is 139 Å². The summed E-state index contributed by atoms with van der Waals surface area (Å²) < 4.78 is 48.5. The molecule has 3 aliphatic rings. The van der Waals surface area contributed by atoms with Crippen LogP contribution in [0.25, 0.3) is 83.9 Å². The lowest BCUT2D eigenvalue weighted by molar-refractivity contribution is -0.129. The predicted octanol–water partition coefficient (Wildman–Crippen LogP) is 21.9. The number of nitrogen functional groups attached to an aromatic ring is 3. The Labute approximate surface area is 850 Å². The number of carbonyl (C=O) groups is 3. The van der Waals surface area contributed by atoms with Crippen LogP contribution in [0.3, 0.4) is 0 Å². The first-order valence-corrected chi connectivity index (χ1v) is 47.1. The van der Waals surface area contributed by atoms with Gasteiger partial charge in [0.05, 0.1) is 141 Å². The van der Waals surface area contributed by atoms with Crippen LogP contribution in [0.15, 0.2) is 107 Å². The van der Waals surface area contributed by atoms with Gasteiger partial charge in [0.25, 0.3) is 16.7 Å². The summed E-state index contributed by atoms with van der Waals surface area (Å²) in [5.74, 6) is -4.03. The van der Waals surface area contributed by atoms with E-state index in [9.17, 15) is 53.3 Å². The molecule has 27 nitrogen and oxygen atoms in total. The second-order valence-corrected chi connectivity index (χ2v) is 38.4. The highest BCUT2D eigenvalue weighted by molar-refractivity contribution is 6.50. The molecule has 0 aliphatic carbocycles. The molecule has 138 heavy (non-hydrogen) atoms. The van der Waals surface area contributed by atoms with Gasteiger partial charge in [0, 0.05) is 128 Å². The maximum absolute atomic E-state index is 15.1. The zero-order valence-electron chi connectivity index (χ0n) is 75.8. The van der Waals surface area contributed by atoms with E-state index in [-0.39, 0.29) is 167 Å². The topological polar surface area (TPSA) is 363 Å². The minimum atomic E-state index is -1.01. The van der Waals surface area contributed by atoms with Crippen LogP contribution in [0.1, 0.15) is 131 Å². The Morgan fingerprint density at radius 2 is 0.659 bits per heavy atom. The van der Waals surface area contributed by atoms with E-state index in [1.54, 1.807) is 63.6 Å². The molecular weight excluding hydrogens is 2030 g/mol. The smallest absolute Gasteiger partial charge is 0.276 e. The lowest BCUT2D eigenvalue weighted by Crippen LogP contribution is -2.54. The quantitative estimate of drug-likeness (QED) is 0.0371. The van der Waals surface area contributed by atoms with E-state index in [2.05, 4.69) is 52.9 Å². The van der Waals surface area contributed by atoms with E-state index in [4.69, 9.17) is 171 Å². The number of aryl methyl sites for hydroxylation is 3. The van der Waals surface area contributed by atoms with Gasteiger partial charge in [0.15, 0.2) is 17.5 Å². The number of hydrogen-bond donors (Lipinski definition) is 3.